The van der Waals surface area contributed by atoms with Crippen molar-refractivity contribution < 1.29 is 27.7 Å². The zero-order valence-corrected chi connectivity index (χ0v) is 15.8. The summed E-state index contributed by atoms with van der Waals surface area (Å²) in [6, 6.07) is 0. The normalized spacial score (nSPS) is 33.9. The summed E-state index contributed by atoms with van der Waals surface area (Å²) in [5.41, 5.74) is -0.458. The van der Waals surface area contributed by atoms with Gasteiger partial charge >= 0.3 is 5.91 Å². The average molecular weight is 397 g/mol. The Kier molecular flexibility index (Phi) is 5.04. The number of rotatable bonds is 2. The summed E-state index contributed by atoms with van der Waals surface area (Å²) in [4.78, 5) is 30.3. The second kappa shape index (κ2) is 7.33. The molecule has 4 rings (SSSR count). The molecule has 9 nitrogen and oxygen atoms in total. The molecule has 0 radical (unpaired) electrons. The topological polar surface area (TPSA) is 111 Å². The maximum absolute atomic E-state index is 13.0. The minimum absolute atomic E-state index is 0.0207. The minimum Gasteiger partial charge on any atom is -0.451 e. The number of amides is 2. The summed E-state index contributed by atoms with van der Waals surface area (Å²) in [6.07, 6.45) is 4.66. The van der Waals surface area contributed by atoms with Crippen LogP contribution in [-0.2, 0) is 24.0 Å². The predicted octanol–water partition coefficient (Wildman–Crippen LogP) is 0.853. The maximum Gasteiger partial charge on any atom is 0.307 e. The second-order valence-corrected chi connectivity index (χ2v) is 9.79. The van der Waals surface area contributed by atoms with Crippen LogP contribution in [0, 0.1) is 0 Å². The van der Waals surface area contributed by atoms with Gasteiger partial charge in [0.2, 0.25) is 0 Å². The molecular weight excluding hydrogens is 374 g/mol. The first kappa shape index (κ1) is 18.6. The quantitative estimate of drug-likeness (QED) is 0.727. The van der Waals surface area contributed by atoms with Gasteiger partial charge in [-0.25, -0.2) is 9.19 Å². The molecule has 3 aliphatic heterocycles. The van der Waals surface area contributed by atoms with Crippen molar-refractivity contribution in [2.24, 2.45) is 4.36 Å². The van der Waals surface area contributed by atoms with Crippen LogP contribution in [0.5, 0.6) is 0 Å². The molecule has 27 heavy (non-hydrogen) atoms. The molecule has 1 aromatic rings. The van der Waals surface area contributed by atoms with Crippen molar-refractivity contribution in [2.45, 2.75) is 37.4 Å². The van der Waals surface area contributed by atoms with Crippen LogP contribution in [0.4, 0.5) is 0 Å². The number of nitrogens with zero attached hydrogens (tertiary/aromatic N) is 3. The lowest BCUT2D eigenvalue weighted by atomic mass is 9.94. The van der Waals surface area contributed by atoms with E-state index >= 15 is 0 Å². The molecule has 0 aromatic carbocycles. The zero-order chi connectivity index (χ0) is 18.9. The van der Waals surface area contributed by atoms with Gasteiger partial charge in [0.25, 0.3) is 5.91 Å². The fraction of sp³-hybridized carbons (Fsp3) is 0.706. The summed E-state index contributed by atoms with van der Waals surface area (Å²) < 4.78 is 33.2. The molecule has 3 fully saturated rings. The summed E-state index contributed by atoms with van der Waals surface area (Å²) >= 11 is 0. The SMILES string of the molecule is O=C(N=S1(=O)CCC2(CC1)CN(C(=O)[C@@H]1CCCO1)CCO2)c1cocn1. The van der Waals surface area contributed by atoms with Gasteiger partial charge in [-0.2, -0.15) is 4.36 Å². The van der Waals surface area contributed by atoms with Crippen LogP contribution in [0.25, 0.3) is 0 Å². The van der Waals surface area contributed by atoms with Gasteiger partial charge in [0.15, 0.2) is 12.1 Å². The Bertz CT molecular complexity index is 810. The standard InChI is InChI=1S/C17H23N3O6S/c21-15(13-10-24-12-18-13)19-27(23)8-3-17(4-9-27)11-20(5-7-26-17)16(22)14-2-1-6-25-14/h10,12,14H,1-9,11H2/t14-,17?,27?/m0/s1. The Hall–Kier alpha value is -1.78. The summed E-state index contributed by atoms with van der Waals surface area (Å²) in [5, 5.41) is 0. The van der Waals surface area contributed by atoms with Gasteiger partial charge in [-0.1, -0.05) is 0 Å². The second-order valence-electron chi connectivity index (χ2n) is 7.24. The Morgan fingerprint density at radius 1 is 1.30 bits per heavy atom. The van der Waals surface area contributed by atoms with E-state index in [4.69, 9.17) is 13.9 Å². The van der Waals surface area contributed by atoms with E-state index in [1.807, 2.05) is 4.90 Å². The van der Waals surface area contributed by atoms with Crippen LogP contribution in [0.15, 0.2) is 21.4 Å². The van der Waals surface area contributed by atoms with Gasteiger partial charge in [-0.05, 0) is 25.7 Å². The van der Waals surface area contributed by atoms with Crippen molar-refractivity contribution >= 4 is 21.5 Å². The Labute approximate surface area is 157 Å². The molecule has 0 bridgehead atoms. The Balaban J connectivity index is 1.42. The van der Waals surface area contributed by atoms with Gasteiger partial charge in [0.1, 0.15) is 12.4 Å². The first-order chi connectivity index (χ1) is 13.0. The monoisotopic (exact) mass is 397 g/mol. The Morgan fingerprint density at radius 2 is 2.11 bits per heavy atom. The van der Waals surface area contributed by atoms with Crippen LogP contribution >= 0.6 is 0 Å². The molecule has 3 aliphatic rings. The van der Waals surface area contributed by atoms with E-state index in [9.17, 15) is 13.8 Å². The van der Waals surface area contributed by atoms with E-state index in [2.05, 4.69) is 9.35 Å². The molecule has 1 spiro atoms. The van der Waals surface area contributed by atoms with E-state index < -0.39 is 21.2 Å². The number of ether oxygens (including phenoxy) is 2. The minimum atomic E-state index is -2.66. The van der Waals surface area contributed by atoms with Crippen molar-refractivity contribution in [2.75, 3.05) is 37.8 Å². The lowest BCUT2D eigenvalue weighted by Gasteiger charge is -2.45. The van der Waals surface area contributed by atoms with Crippen LogP contribution in [0.1, 0.15) is 36.2 Å². The number of aromatic nitrogens is 1. The van der Waals surface area contributed by atoms with E-state index in [1.165, 1.54) is 6.26 Å². The van der Waals surface area contributed by atoms with Crippen LogP contribution in [0.2, 0.25) is 0 Å². The lowest BCUT2D eigenvalue weighted by Crippen LogP contribution is -2.58. The number of carbonyl (C=O) groups excluding carboxylic acids is 2. The van der Waals surface area contributed by atoms with E-state index in [1.54, 1.807) is 0 Å². The first-order valence-corrected chi connectivity index (χ1v) is 11.0. The fourth-order valence-corrected chi connectivity index (χ4v) is 6.00. The maximum atomic E-state index is 13.0. The molecule has 1 atom stereocenters. The molecular formula is C17H23N3O6S. The number of carbonyl (C=O) groups is 2. The molecule has 2 amide bonds. The largest absolute Gasteiger partial charge is 0.451 e. The number of hydrogen-bond acceptors (Lipinski definition) is 7. The summed E-state index contributed by atoms with van der Waals surface area (Å²) in [6.45, 7) is 2.10. The van der Waals surface area contributed by atoms with Crippen molar-refractivity contribution in [3.8, 4) is 0 Å². The van der Waals surface area contributed by atoms with Gasteiger partial charge in [-0.3, -0.25) is 9.59 Å². The molecule has 148 valence electrons. The average Bonchev–Trinajstić information content (AvgIpc) is 3.38. The van der Waals surface area contributed by atoms with Crippen molar-refractivity contribution in [3.05, 3.63) is 18.4 Å². The summed E-state index contributed by atoms with van der Waals surface area (Å²) in [7, 11) is -2.66. The molecule has 0 N–H and O–H groups in total. The van der Waals surface area contributed by atoms with Crippen LogP contribution in [-0.4, -0.2) is 75.4 Å². The third-order valence-electron chi connectivity index (χ3n) is 5.42. The van der Waals surface area contributed by atoms with Gasteiger partial charge < -0.3 is 18.8 Å². The highest BCUT2D eigenvalue weighted by molar-refractivity contribution is 7.93. The third kappa shape index (κ3) is 3.92. The van der Waals surface area contributed by atoms with Gasteiger partial charge in [0, 0.05) is 31.2 Å². The zero-order valence-electron chi connectivity index (χ0n) is 15.0. The highest BCUT2D eigenvalue weighted by Gasteiger charge is 2.43. The smallest absolute Gasteiger partial charge is 0.307 e. The molecule has 10 heteroatoms. The highest BCUT2D eigenvalue weighted by atomic mass is 32.2. The molecule has 0 aliphatic carbocycles. The van der Waals surface area contributed by atoms with Crippen molar-refractivity contribution in [1.29, 1.82) is 0 Å². The molecule has 4 heterocycles. The highest BCUT2D eigenvalue weighted by Crippen LogP contribution is 2.33. The number of hydrogen-bond donors (Lipinski definition) is 0. The molecule has 0 unspecified atom stereocenters. The molecule has 0 saturated carbocycles. The predicted molar refractivity (Wildman–Crippen MR) is 94.6 cm³/mol. The lowest BCUT2D eigenvalue weighted by molar-refractivity contribution is -0.160. The fourth-order valence-electron chi connectivity index (χ4n) is 3.84. The van der Waals surface area contributed by atoms with E-state index in [-0.39, 0.29) is 29.2 Å². The molecule has 3 saturated heterocycles. The van der Waals surface area contributed by atoms with Gasteiger partial charge in [0.05, 0.1) is 21.9 Å². The third-order valence-corrected chi connectivity index (χ3v) is 7.60. The van der Waals surface area contributed by atoms with Gasteiger partial charge in [-0.15, -0.1) is 0 Å². The number of morpholine rings is 1. The first-order valence-electron chi connectivity index (χ1n) is 9.18. The van der Waals surface area contributed by atoms with Crippen molar-refractivity contribution in [1.82, 2.24) is 9.88 Å². The number of oxazole rings is 1. The van der Waals surface area contributed by atoms with Crippen molar-refractivity contribution in [3.63, 3.8) is 0 Å². The Morgan fingerprint density at radius 3 is 2.78 bits per heavy atom. The van der Waals surface area contributed by atoms with E-state index in [0.29, 0.717) is 39.1 Å². The van der Waals surface area contributed by atoms with Crippen LogP contribution < -0.4 is 0 Å². The molecule has 1 aromatic heterocycles. The van der Waals surface area contributed by atoms with E-state index in [0.717, 1.165) is 19.2 Å². The van der Waals surface area contributed by atoms with Crippen LogP contribution in [0.3, 0.4) is 0 Å². The summed E-state index contributed by atoms with van der Waals surface area (Å²) in [5.74, 6) is -0.0753.